The highest BCUT2D eigenvalue weighted by molar-refractivity contribution is 5.84. The normalized spacial score (nSPS) is 15.8. The number of carbonyl (C=O) groups is 1. The minimum atomic E-state index is -0.252. The highest BCUT2D eigenvalue weighted by atomic mass is 16.2. The van der Waals surface area contributed by atoms with Crippen LogP contribution < -0.4 is 5.32 Å². The predicted molar refractivity (Wildman–Crippen MR) is 108 cm³/mol. The molecule has 1 saturated heterocycles. The molecule has 27 heavy (non-hydrogen) atoms. The van der Waals surface area contributed by atoms with E-state index < -0.39 is 0 Å². The Bertz CT molecular complexity index is 772. The van der Waals surface area contributed by atoms with E-state index in [0.29, 0.717) is 12.3 Å². The van der Waals surface area contributed by atoms with Crippen molar-refractivity contribution in [3.63, 3.8) is 0 Å². The van der Waals surface area contributed by atoms with Gasteiger partial charge in [0, 0.05) is 18.8 Å². The van der Waals surface area contributed by atoms with Crippen molar-refractivity contribution >= 4 is 11.6 Å². The molecule has 3 rings (SSSR count). The van der Waals surface area contributed by atoms with E-state index in [1.165, 1.54) is 5.56 Å². The van der Waals surface area contributed by atoms with Crippen LogP contribution in [-0.2, 0) is 17.6 Å². The zero-order valence-corrected chi connectivity index (χ0v) is 15.9. The number of nitrogens with zero attached hydrogens (tertiary/aromatic N) is 2. The molecule has 0 radical (unpaired) electrons. The van der Waals surface area contributed by atoms with Gasteiger partial charge in [0.25, 0.3) is 0 Å². The van der Waals surface area contributed by atoms with Crippen LogP contribution in [0.15, 0.2) is 54.6 Å². The Morgan fingerprint density at radius 2 is 1.78 bits per heavy atom. The van der Waals surface area contributed by atoms with Crippen LogP contribution in [0.4, 0.5) is 5.69 Å². The Balaban J connectivity index is 1.47. The molecule has 1 heterocycles. The number of hydrogen-bond acceptors (Lipinski definition) is 3. The number of nitrogens with one attached hydrogen (secondary N) is 1. The molecule has 4 nitrogen and oxygen atoms in total. The summed E-state index contributed by atoms with van der Waals surface area (Å²) in [6, 6.07) is 20.2. The van der Waals surface area contributed by atoms with Gasteiger partial charge in [0.15, 0.2) is 0 Å². The lowest BCUT2D eigenvalue weighted by atomic mass is 9.90. The highest BCUT2D eigenvalue weighted by Crippen LogP contribution is 2.22. The molecule has 1 aliphatic rings. The third kappa shape index (κ3) is 5.34. The summed E-state index contributed by atoms with van der Waals surface area (Å²) in [5, 5.41) is 12.0. The molecule has 1 amide bonds. The topological polar surface area (TPSA) is 56.1 Å². The van der Waals surface area contributed by atoms with E-state index in [1.54, 1.807) is 0 Å². The Morgan fingerprint density at radius 3 is 2.41 bits per heavy atom. The zero-order valence-electron chi connectivity index (χ0n) is 15.9. The lowest BCUT2D eigenvalue weighted by molar-refractivity contribution is -0.133. The van der Waals surface area contributed by atoms with Crippen molar-refractivity contribution in [1.82, 2.24) is 4.90 Å². The second-order valence-electron chi connectivity index (χ2n) is 7.36. The molecule has 140 valence electrons. The third-order valence-electron chi connectivity index (χ3n) is 5.28. The van der Waals surface area contributed by atoms with Crippen molar-refractivity contribution < 1.29 is 4.79 Å². The van der Waals surface area contributed by atoms with E-state index in [4.69, 9.17) is 5.26 Å². The van der Waals surface area contributed by atoms with Crippen LogP contribution in [0.5, 0.6) is 0 Å². The molecule has 0 aliphatic carbocycles. The van der Waals surface area contributed by atoms with Crippen LogP contribution in [0.25, 0.3) is 0 Å². The maximum atomic E-state index is 12.8. The molecule has 1 N–H and O–H groups in total. The van der Waals surface area contributed by atoms with Gasteiger partial charge in [-0.3, -0.25) is 4.79 Å². The number of hydrogen-bond donors (Lipinski definition) is 1. The van der Waals surface area contributed by atoms with Crippen molar-refractivity contribution in [1.29, 1.82) is 5.26 Å². The molecule has 0 saturated carbocycles. The number of piperidine rings is 1. The molecule has 1 aliphatic heterocycles. The molecule has 2 aromatic carbocycles. The van der Waals surface area contributed by atoms with Crippen LogP contribution in [0.3, 0.4) is 0 Å². The monoisotopic (exact) mass is 361 g/mol. The second kappa shape index (κ2) is 9.23. The van der Waals surface area contributed by atoms with Gasteiger partial charge in [-0.25, -0.2) is 0 Å². The average molecular weight is 361 g/mol. The van der Waals surface area contributed by atoms with Gasteiger partial charge in [-0.2, -0.15) is 5.26 Å². The van der Waals surface area contributed by atoms with Gasteiger partial charge in [-0.1, -0.05) is 42.5 Å². The largest absolute Gasteiger partial charge is 0.374 e. The van der Waals surface area contributed by atoms with E-state index >= 15 is 0 Å². The summed E-state index contributed by atoms with van der Waals surface area (Å²) in [4.78, 5) is 14.7. The molecule has 1 fully saturated rings. The fourth-order valence-corrected chi connectivity index (χ4v) is 3.70. The summed E-state index contributed by atoms with van der Waals surface area (Å²) >= 11 is 0. The van der Waals surface area contributed by atoms with Gasteiger partial charge >= 0.3 is 0 Å². The summed E-state index contributed by atoms with van der Waals surface area (Å²) in [6.45, 7) is 3.59. The van der Waals surface area contributed by atoms with Crippen LogP contribution in [0, 0.1) is 17.2 Å². The lowest BCUT2D eigenvalue weighted by Gasteiger charge is -2.34. The third-order valence-corrected chi connectivity index (χ3v) is 5.28. The van der Waals surface area contributed by atoms with E-state index in [1.807, 2.05) is 36.1 Å². The minimum absolute atomic E-state index is 0.161. The Hall–Kier alpha value is -2.80. The number of carbonyl (C=O) groups excluding carboxylic acids is 1. The summed E-state index contributed by atoms with van der Waals surface area (Å²) < 4.78 is 0. The van der Waals surface area contributed by atoms with Gasteiger partial charge in [-0.05, 0) is 55.4 Å². The molecule has 1 unspecified atom stereocenters. The highest BCUT2D eigenvalue weighted by Gasteiger charge is 2.26. The number of nitriles is 1. The molecule has 4 heteroatoms. The molecule has 1 atom stereocenters. The molecule has 0 spiro atoms. The zero-order chi connectivity index (χ0) is 19.1. The van der Waals surface area contributed by atoms with Crippen molar-refractivity contribution in [2.45, 2.75) is 38.6 Å². The first-order valence-corrected chi connectivity index (χ1v) is 9.71. The van der Waals surface area contributed by atoms with Gasteiger partial charge in [0.2, 0.25) is 5.91 Å². The lowest BCUT2D eigenvalue weighted by Crippen LogP contribution is -2.45. The van der Waals surface area contributed by atoms with Gasteiger partial charge in [0.1, 0.15) is 6.04 Å². The second-order valence-corrected chi connectivity index (χ2v) is 7.36. The first-order valence-electron chi connectivity index (χ1n) is 9.71. The van der Waals surface area contributed by atoms with E-state index in [0.717, 1.165) is 43.6 Å². The van der Waals surface area contributed by atoms with Gasteiger partial charge < -0.3 is 10.2 Å². The fourth-order valence-electron chi connectivity index (χ4n) is 3.70. The number of likely N-dealkylation sites (tertiary alicyclic amines) is 1. The van der Waals surface area contributed by atoms with Crippen molar-refractivity contribution in [2.75, 3.05) is 18.4 Å². The van der Waals surface area contributed by atoms with Crippen LogP contribution in [-0.4, -0.2) is 29.9 Å². The Labute approximate surface area is 161 Å². The van der Waals surface area contributed by atoms with E-state index in [9.17, 15) is 4.79 Å². The van der Waals surface area contributed by atoms with Gasteiger partial charge in [0.05, 0.1) is 12.5 Å². The Morgan fingerprint density at radius 1 is 1.11 bits per heavy atom. The maximum absolute atomic E-state index is 12.8. The van der Waals surface area contributed by atoms with Crippen LogP contribution in [0.1, 0.15) is 30.9 Å². The van der Waals surface area contributed by atoms with Gasteiger partial charge in [-0.15, -0.1) is 0 Å². The van der Waals surface area contributed by atoms with Crippen molar-refractivity contribution in [3.05, 3.63) is 65.7 Å². The molecule has 0 bridgehead atoms. The summed E-state index contributed by atoms with van der Waals surface area (Å²) in [5.74, 6) is 0.821. The van der Waals surface area contributed by atoms with Crippen LogP contribution in [0.2, 0.25) is 0 Å². The Kier molecular flexibility index (Phi) is 6.49. The quantitative estimate of drug-likeness (QED) is 0.845. The summed E-state index contributed by atoms with van der Waals surface area (Å²) in [5.41, 5.74) is 3.29. The number of anilines is 1. The minimum Gasteiger partial charge on any atom is -0.374 e. The molecule has 0 aromatic heterocycles. The fraction of sp³-hybridized carbons (Fsp3) is 0.391. The SMILES string of the molecule is CC(Nc1ccc(CC#N)cc1)C(=O)N1CCC(Cc2ccccc2)CC1. The van der Waals surface area contributed by atoms with E-state index in [2.05, 4.69) is 41.7 Å². The van der Waals surface area contributed by atoms with E-state index in [-0.39, 0.29) is 11.9 Å². The predicted octanol–water partition coefficient (Wildman–Crippen LogP) is 4.03. The maximum Gasteiger partial charge on any atom is 0.244 e. The molecular weight excluding hydrogens is 334 g/mol. The first kappa shape index (κ1) is 19.0. The number of rotatable bonds is 6. The number of benzene rings is 2. The van der Waals surface area contributed by atoms with Crippen LogP contribution >= 0.6 is 0 Å². The molecular formula is C23H27N3O. The summed E-state index contributed by atoms with van der Waals surface area (Å²) in [7, 11) is 0. The average Bonchev–Trinajstić information content (AvgIpc) is 2.70. The molecule has 2 aromatic rings. The number of amides is 1. The summed E-state index contributed by atoms with van der Waals surface area (Å²) in [6.07, 6.45) is 3.64. The standard InChI is InChI=1S/C23H27N3O/c1-18(25-22-9-7-19(8-10-22)11-14-24)23(27)26-15-12-21(13-16-26)17-20-5-3-2-4-6-20/h2-10,18,21,25H,11-13,15-17H2,1H3. The van der Waals surface area contributed by atoms with Crippen molar-refractivity contribution in [2.24, 2.45) is 5.92 Å². The smallest absolute Gasteiger partial charge is 0.244 e. The first-order chi connectivity index (χ1) is 13.2. The van der Waals surface area contributed by atoms with Crippen molar-refractivity contribution in [3.8, 4) is 6.07 Å².